The van der Waals surface area contributed by atoms with E-state index < -0.39 is 0 Å². The van der Waals surface area contributed by atoms with Crippen molar-refractivity contribution in [2.24, 2.45) is 0 Å². The number of ether oxygens (including phenoxy) is 1. The van der Waals surface area contributed by atoms with Crippen LogP contribution in [0.1, 0.15) is 16.1 Å². The first kappa shape index (κ1) is 22.9. The highest BCUT2D eigenvalue weighted by Crippen LogP contribution is 2.35. The van der Waals surface area contributed by atoms with E-state index in [1.807, 2.05) is 12.1 Å². The van der Waals surface area contributed by atoms with Crippen molar-refractivity contribution in [2.75, 3.05) is 44.3 Å². The Labute approximate surface area is 204 Å². The fourth-order valence-corrected chi connectivity index (χ4v) is 5.19. The van der Waals surface area contributed by atoms with Gasteiger partial charge >= 0.3 is 0 Å². The van der Waals surface area contributed by atoms with Gasteiger partial charge in [0.25, 0.3) is 5.91 Å². The van der Waals surface area contributed by atoms with Crippen molar-refractivity contribution < 1.29 is 18.4 Å². The van der Waals surface area contributed by atoms with E-state index in [2.05, 4.69) is 15.0 Å². The number of morpholine rings is 1. The molecule has 176 valence electrons. The summed E-state index contributed by atoms with van der Waals surface area (Å²) in [6.45, 7) is 5.66. The van der Waals surface area contributed by atoms with Gasteiger partial charge in [0.15, 0.2) is 5.13 Å². The molecule has 0 bridgehead atoms. The van der Waals surface area contributed by atoms with Gasteiger partial charge in [0, 0.05) is 31.7 Å². The standard InChI is InChI=1S/C24H22ClFN4O3S/c1-15-21(22(28-33-15)17-4-2-3-5-18(17)25)23(31)30(9-8-29-10-12-32-13-11-29)24-27-19-7-6-16(26)14-20(19)34-24/h2-7,14H,8-13H2,1H3. The van der Waals surface area contributed by atoms with Crippen LogP contribution in [-0.4, -0.2) is 60.3 Å². The molecule has 0 unspecified atom stereocenters. The molecule has 34 heavy (non-hydrogen) atoms. The van der Waals surface area contributed by atoms with Crippen LogP contribution < -0.4 is 4.90 Å². The van der Waals surface area contributed by atoms with Gasteiger partial charge in [0.05, 0.1) is 28.5 Å². The Kier molecular flexibility index (Phi) is 6.60. The fraction of sp³-hybridized carbons (Fsp3) is 0.292. The molecule has 3 heterocycles. The Morgan fingerprint density at radius 3 is 2.82 bits per heavy atom. The highest BCUT2D eigenvalue weighted by Gasteiger charge is 2.30. The van der Waals surface area contributed by atoms with Gasteiger partial charge in [-0.3, -0.25) is 14.6 Å². The van der Waals surface area contributed by atoms with Gasteiger partial charge in [-0.1, -0.05) is 46.3 Å². The van der Waals surface area contributed by atoms with Crippen LogP contribution in [0.3, 0.4) is 0 Å². The van der Waals surface area contributed by atoms with Gasteiger partial charge in [0.2, 0.25) is 0 Å². The van der Waals surface area contributed by atoms with Crippen molar-refractivity contribution in [3.8, 4) is 11.3 Å². The number of carbonyl (C=O) groups is 1. The third-order valence-corrected chi connectivity index (χ3v) is 7.14. The van der Waals surface area contributed by atoms with Crippen LogP contribution >= 0.6 is 22.9 Å². The zero-order valence-corrected chi connectivity index (χ0v) is 20.0. The van der Waals surface area contributed by atoms with Crippen LogP contribution in [0.4, 0.5) is 9.52 Å². The maximum absolute atomic E-state index is 14.0. The number of fused-ring (bicyclic) bond motifs is 1. The minimum absolute atomic E-state index is 0.290. The fourth-order valence-electron chi connectivity index (χ4n) is 3.95. The SMILES string of the molecule is Cc1onc(-c2ccccc2Cl)c1C(=O)N(CCN1CCOCC1)c1nc2ccc(F)cc2s1. The molecule has 2 aromatic carbocycles. The first-order chi connectivity index (χ1) is 16.5. The summed E-state index contributed by atoms with van der Waals surface area (Å²) in [5.74, 6) is -0.241. The van der Waals surface area contributed by atoms with Crippen LogP contribution in [0.25, 0.3) is 21.5 Å². The van der Waals surface area contributed by atoms with Crippen LogP contribution in [-0.2, 0) is 4.74 Å². The number of benzene rings is 2. The average molecular weight is 501 g/mol. The number of aryl methyl sites for hydroxylation is 1. The summed E-state index contributed by atoms with van der Waals surface area (Å²) in [6, 6.07) is 11.6. The summed E-state index contributed by atoms with van der Waals surface area (Å²) in [7, 11) is 0. The van der Waals surface area contributed by atoms with E-state index in [0.29, 0.717) is 69.3 Å². The number of hydrogen-bond donors (Lipinski definition) is 0. The van der Waals surface area contributed by atoms with E-state index in [1.165, 1.54) is 23.5 Å². The van der Waals surface area contributed by atoms with E-state index in [-0.39, 0.29) is 11.7 Å². The summed E-state index contributed by atoms with van der Waals surface area (Å²) < 4.78 is 25.3. The number of amides is 1. The van der Waals surface area contributed by atoms with E-state index in [0.717, 1.165) is 13.1 Å². The molecule has 1 saturated heterocycles. The molecule has 10 heteroatoms. The van der Waals surface area contributed by atoms with Crippen molar-refractivity contribution in [1.82, 2.24) is 15.0 Å². The lowest BCUT2D eigenvalue weighted by molar-refractivity contribution is 0.0391. The van der Waals surface area contributed by atoms with Crippen molar-refractivity contribution in [2.45, 2.75) is 6.92 Å². The monoisotopic (exact) mass is 500 g/mol. The Hall–Kier alpha value is -2.85. The molecule has 0 saturated carbocycles. The Balaban J connectivity index is 1.54. The summed E-state index contributed by atoms with van der Waals surface area (Å²) in [5.41, 5.74) is 1.97. The van der Waals surface area contributed by atoms with Crippen molar-refractivity contribution in [3.63, 3.8) is 0 Å². The molecule has 1 aliphatic heterocycles. The second kappa shape index (κ2) is 9.79. The van der Waals surface area contributed by atoms with Gasteiger partial charge in [-0.2, -0.15) is 0 Å². The molecule has 1 amide bonds. The lowest BCUT2D eigenvalue weighted by Gasteiger charge is -2.29. The molecule has 4 aromatic rings. The number of thiazole rings is 1. The molecule has 5 rings (SSSR count). The minimum atomic E-state index is -0.343. The Morgan fingerprint density at radius 2 is 2.03 bits per heavy atom. The molecule has 0 radical (unpaired) electrons. The van der Waals surface area contributed by atoms with E-state index >= 15 is 0 Å². The molecule has 7 nitrogen and oxygen atoms in total. The third kappa shape index (κ3) is 4.56. The number of halogens is 2. The zero-order valence-electron chi connectivity index (χ0n) is 18.5. The summed E-state index contributed by atoms with van der Waals surface area (Å²) in [5, 5.41) is 5.11. The first-order valence-electron chi connectivity index (χ1n) is 10.9. The lowest BCUT2D eigenvalue weighted by Crippen LogP contribution is -2.43. The van der Waals surface area contributed by atoms with Crippen LogP contribution in [0, 0.1) is 12.7 Å². The topological polar surface area (TPSA) is 71.7 Å². The third-order valence-electron chi connectivity index (χ3n) is 5.76. The minimum Gasteiger partial charge on any atom is -0.379 e. The number of aromatic nitrogens is 2. The highest BCUT2D eigenvalue weighted by molar-refractivity contribution is 7.22. The van der Waals surface area contributed by atoms with Gasteiger partial charge in [0.1, 0.15) is 22.8 Å². The highest BCUT2D eigenvalue weighted by atomic mass is 35.5. The Morgan fingerprint density at radius 1 is 1.24 bits per heavy atom. The van der Waals surface area contributed by atoms with Crippen molar-refractivity contribution >= 4 is 44.2 Å². The molecule has 0 aliphatic carbocycles. The summed E-state index contributed by atoms with van der Waals surface area (Å²) >= 11 is 7.68. The molecular weight excluding hydrogens is 479 g/mol. The smallest absolute Gasteiger partial charge is 0.266 e. The van der Waals surface area contributed by atoms with Gasteiger partial charge < -0.3 is 9.26 Å². The number of anilines is 1. The normalized spacial score (nSPS) is 14.6. The summed E-state index contributed by atoms with van der Waals surface area (Å²) in [4.78, 5) is 22.5. The summed E-state index contributed by atoms with van der Waals surface area (Å²) in [6.07, 6.45) is 0. The van der Waals surface area contributed by atoms with Crippen LogP contribution in [0.5, 0.6) is 0 Å². The van der Waals surface area contributed by atoms with Gasteiger partial charge in [-0.25, -0.2) is 9.37 Å². The molecule has 1 fully saturated rings. The number of hydrogen-bond acceptors (Lipinski definition) is 7. The van der Waals surface area contributed by atoms with Crippen LogP contribution in [0.2, 0.25) is 5.02 Å². The molecule has 2 aromatic heterocycles. The molecule has 1 aliphatic rings. The first-order valence-corrected chi connectivity index (χ1v) is 12.1. The lowest BCUT2D eigenvalue weighted by atomic mass is 10.1. The number of carbonyl (C=O) groups excluding carboxylic acids is 1. The van der Waals surface area contributed by atoms with Gasteiger partial charge in [-0.05, 0) is 31.2 Å². The average Bonchev–Trinajstić information content (AvgIpc) is 3.43. The number of rotatable bonds is 6. The predicted octanol–water partition coefficient (Wildman–Crippen LogP) is 5.03. The molecule has 0 spiro atoms. The quantitative estimate of drug-likeness (QED) is 0.370. The molecule has 0 atom stereocenters. The van der Waals surface area contributed by atoms with Crippen LogP contribution in [0.15, 0.2) is 47.0 Å². The maximum Gasteiger partial charge on any atom is 0.266 e. The molecule has 0 N–H and O–H groups in total. The largest absolute Gasteiger partial charge is 0.379 e. The molecular formula is C24H22ClFN4O3S. The zero-order chi connectivity index (χ0) is 23.7. The maximum atomic E-state index is 14.0. The Bertz CT molecular complexity index is 1340. The number of nitrogens with zero attached hydrogens (tertiary/aromatic N) is 4. The van der Waals surface area contributed by atoms with Crippen molar-refractivity contribution in [3.05, 3.63) is 64.6 Å². The van der Waals surface area contributed by atoms with E-state index in [1.54, 1.807) is 30.0 Å². The second-order valence-electron chi connectivity index (χ2n) is 7.96. The van der Waals surface area contributed by atoms with E-state index in [9.17, 15) is 9.18 Å². The predicted molar refractivity (Wildman–Crippen MR) is 130 cm³/mol. The van der Waals surface area contributed by atoms with Gasteiger partial charge in [-0.15, -0.1) is 0 Å². The second-order valence-corrected chi connectivity index (χ2v) is 9.38. The van der Waals surface area contributed by atoms with E-state index in [4.69, 9.17) is 20.9 Å². The van der Waals surface area contributed by atoms with Crippen molar-refractivity contribution in [1.29, 1.82) is 0 Å².